The van der Waals surface area contributed by atoms with E-state index in [1.54, 1.807) is 37.5 Å². The quantitative estimate of drug-likeness (QED) is 0.226. The van der Waals surface area contributed by atoms with E-state index in [-0.39, 0.29) is 17.3 Å². The van der Waals surface area contributed by atoms with Crippen LogP contribution in [0.3, 0.4) is 0 Å². The lowest BCUT2D eigenvalue weighted by atomic mass is 10.2. The molecule has 0 aliphatic rings. The Kier molecular flexibility index (Phi) is 6.66. The number of nitrogens with one attached hydrogen (secondary N) is 1. The van der Waals surface area contributed by atoms with Gasteiger partial charge in [-0.3, -0.25) is 24.5 Å². The summed E-state index contributed by atoms with van der Waals surface area (Å²) in [4.78, 5) is 27.2. The number of nitrogens with zero attached hydrogens (tertiary/aromatic N) is 5. The van der Waals surface area contributed by atoms with Crippen LogP contribution in [0.25, 0.3) is 17.1 Å². The maximum absolute atomic E-state index is 12.6. The Balaban J connectivity index is 1.56. The highest BCUT2D eigenvalue weighted by atomic mass is 35.5. The number of anilines is 1. The Morgan fingerprint density at radius 1 is 1.18 bits per heavy atom. The van der Waals surface area contributed by atoms with Crippen molar-refractivity contribution in [3.63, 3.8) is 0 Å². The molecule has 11 heteroatoms. The number of aryl methyl sites for hydroxylation is 1. The number of hydrogen-bond donors (Lipinski definition) is 1. The van der Waals surface area contributed by atoms with E-state index in [0.717, 1.165) is 11.3 Å². The zero-order chi connectivity index (χ0) is 23.4. The van der Waals surface area contributed by atoms with E-state index in [1.807, 2.05) is 22.8 Å². The number of nitro benzene ring substituents is 1. The van der Waals surface area contributed by atoms with Gasteiger partial charge in [-0.25, -0.2) is 0 Å². The highest BCUT2D eigenvalue weighted by Gasteiger charge is 2.18. The number of nitro groups is 1. The molecule has 2 aromatic carbocycles. The molecule has 0 radical (unpaired) electrons. The normalized spacial score (nSPS) is 10.7. The first-order chi connectivity index (χ1) is 15.9. The molecule has 4 aromatic rings. The monoisotopic (exact) mass is 480 g/mol. The van der Waals surface area contributed by atoms with E-state index in [2.05, 4.69) is 20.5 Å². The highest BCUT2D eigenvalue weighted by Crippen LogP contribution is 2.29. The number of carbonyl (C=O) groups is 1. The van der Waals surface area contributed by atoms with E-state index >= 15 is 0 Å². The summed E-state index contributed by atoms with van der Waals surface area (Å²) in [6.45, 7) is 1.70. The maximum Gasteiger partial charge on any atom is 0.269 e. The van der Waals surface area contributed by atoms with Crippen molar-refractivity contribution in [2.24, 2.45) is 0 Å². The van der Waals surface area contributed by atoms with Gasteiger partial charge in [-0.2, -0.15) is 0 Å². The molecule has 1 amide bonds. The van der Waals surface area contributed by atoms with Gasteiger partial charge in [-0.1, -0.05) is 29.4 Å². The molecule has 0 atom stereocenters. The van der Waals surface area contributed by atoms with Gasteiger partial charge in [0, 0.05) is 40.8 Å². The van der Waals surface area contributed by atoms with Crippen LogP contribution in [0.5, 0.6) is 0 Å². The second kappa shape index (κ2) is 9.80. The molecular formula is C22H17ClN6O3S. The Bertz CT molecular complexity index is 1330. The minimum absolute atomic E-state index is 0.0302. The van der Waals surface area contributed by atoms with Crippen molar-refractivity contribution in [3.8, 4) is 17.1 Å². The second-order valence-corrected chi connectivity index (χ2v) is 8.34. The van der Waals surface area contributed by atoms with E-state index in [9.17, 15) is 14.9 Å². The number of amides is 1. The van der Waals surface area contributed by atoms with Crippen molar-refractivity contribution in [3.05, 3.63) is 87.7 Å². The Hall–Kier alpha value is -3.76. The summed E-state index contributed by atoms with van der Waals surface area (Å²) in [5, 5.41) is 23.3. The van der Waals surface area contributed by atoms with Gasteiger partial charge in [0.25, 0.3) is 5.69 Å². The highest BCUT2D eigenvalue weighted by molar-refractivity contribution is 7.99. The molecule has 0 unspecified atom stereocenters. The molecule has 9 nitrogen and oxygen atoms in total. The average molecular weight is 481 g/mol. The first-order valence-corrected chi connectivity index (χ1v) is 11.1. The lowest BCUT2D eigenvalue weighted by Crippen LogP contribution is -2.15. The van der Waals surface area contributed by atoms with Crippen LogP contribution in [0.15, 0.2) is 72.1 Å². The molecule has 0 saturated heterocycles. The van der Waals surface area contributed by atoms with Gasteiger partial charge in [-0.15, -0.1) is 10.2 Å². The minimum Gasteiger partial charge on any atom is -0.325 e. The summed E-state index contributed by atoms with van der Waals surface area (Å²) in [5.41, 5.74) is 2.60. The minimum atomic E-state index is -0.475. The Morgan fingerprint density at radius 2 is 2.03 bits per heavy atom. The third-order valence-corrected chi connectivity index (χ3v) is 5.81. The van der Waals surface area contributed by atoms with Crippen molar-refractivity contribution in [2.45, 2.75) is 12.1 Å². The van der Waals surface area contributed by atoms with Crippen LogP contribution in [0.1, 0.15) is 5.56 Å². The lowest BCUT2D eigenvalue weighted by molar-refractivity contribution is -0.384. The number of pyridine rings is 1. The van der Waals surface area contributed by atoms with Crippen LogP contribution in [-0.4, -0.2) is 36.3 Å². The second-order valence-electron chi connectivity index (χ2n) is 6.96. The smallest absolute Gasteiger partial charge is 0.269 e. The van der Waals surface area contributed by atoms with Gasteiger partial charge >= 0.3 is 0 Å². The maximum atomic E-state index is 12.6. The van der Waals surface area contributed by atoms with E-state index in [0.29, 0.717) is 27.3 Å². The fourth-order valence-electron chi connectivity index (χ4n) is 3.11. The molecule has 2 aromatic heterocycles. The SMILES string of the molecule is Cc1cc([N+](=O)[O-])ccc1NC(=O)CSc1nnc(-c2cccnc2)n1-c1cccc(Cl)c1. The fourth-order valence-corrected chi connectivity index (χ4v) is 4.05. The fraction of sp³-hybridized carbons (Fsp3) is 0.0909. The first-order valence-electron chi connectivity index (χ1n) is 9.72. The van der Waals surface area contributed by atoms with E-state index < -0.39 is 4.92 Å². The van der Waals surface area contributed by atoms with Crippen LogP contribution < -0.4 is 5.32 Å². The molecule has 0 fully saturated rings. The Labute approximate surface area is 198 Å². The summed E-state index contributed by atoms with van der Waals surface area (Å²) in [6.07, 6.45) is 3.35. The zero-order valence-electron chi connectivity index (χ0n) is 17.3. The number of aromatic nitrogens is 4. The predicted molar refractivity (Wildman–Crippen MR) is 127 cm³/mol. The molecule has 33 heavy (non-hydrogen) atoms. The predicted octanol–water partition coefficient (Wildman–Crippen LogP) is 4.93. The Morgan fingerprint density at radius 3 is 2.73 bits per heavy atom. The van der Waals surface area contributed by atoms with Gasteiger partial charge in [0.15, 0.2) is 11.0 Å². The van der Waals surface area contributed by atoms with E-state index in [4.69, 9.17) is 11.6 Å². The third kappa shape index (κ3) is 5.18. The molecule has 0 aliphatic carbocycles. The van der Waals surface area contributed by atoms with Crippen molar-refractivity contribution < 1.29 is 9.72 Å². The van der Waals surface area contributed by atoms with E-state index in [1.165, 1.54) is 30.0 Å². The van der Waals surface area contributed by atoms with Crippen LogP contribution in [0.4, 0.5) is 11.4 Å². The number of hydrogen-bond acceptors (Lipinski definition) is 7. The van der Waals surface area contributed by atoms with Crippen molar-refractivity contribution >= 4 is 40.6 Å². The summed E-state index contributed by atoms with van der Waals surface area (Å²) in [5.74, 6) is 0.349. The topological polar surface area (TPSA) is 116 Å². The molecule has 0 bridgehead atoms. The van der Waals surface area contributed by atoms with Crippen molar-refractivity contribution in [1.29, 1.82) is 0 Å². The molecule has 0 spiro atoms. The van der Waals surface area contributed by atoms with Crippen molar-refractivity contribution in [1.82, 2.24) is 19.7 Å². The lowest BCUT2D eigenvalue weighted by Gasteiger charge is -2.11. The van der Waals surface area contributed by atoms with Gasteiger partial charge in [-0.05, 0) is 48.9 Å². The average Bonchev–Trinajstić information content (AvgIpc) is 3.23. The molecule has 0 aliphatic heterocycles. The number of carbonyl (C=O) groups excluding carboxylic acids is 1. The number of benzene rings is 2. The van der Waals surface area contributed by atoms with Gasteiger partial charge < -0.3 is 5.32 Å². The molecule has 1 N–H and O–H groups in total. The zero-order valence-corrected chi connectivity index (χ0v) is 18.9. The molecule has 166 valence electrons. The summed E-state index contributed by atoms with van der Waals surface area (Å²) in [6, 6.07) is 15.2. The number of non-ortho nitro benzene ring substituents is 1. The number of thioether (sulfide) groups is 1. The molecule has 2 heterocycles. The molecule has 4 rings (SSSR count). The first kappa shape index (κ1) is 22.4. The molecular weight excluding hydrogens is 464 g/mol. The summed E-state index contributed by atoms with van der Waals surface area (Å²) >= 11 is 7.41. The van der Waals surface area contributed by atoms with Crippen LogP contribution in [0.2, 0.25) is 5.02 Å². The number of halogens is 1. The summed E-state index contributed by atoms with van der Waals surface area (Å²) in [7, 11) is 0. The van der Waals surface area contributed by atoms with Gasteiger partial charge in [0.2, 0.25) is 5.91 Å². The number of rotatable bonds is 7. The summed E-state index contributed by atoms with van der Waals surface area (Å²) < 4.78 is 1.82. The third-order valence-electron chi connectivity index (χ3n) is 4.65. The van der Waals surface area contributed by atoms with Gasteiger partial charge in [0.1, 0.15) is 0 Å². The van der Waals surface area contributed by atoms with Crippen LogP contribution in [0, 0.1) is 17.0 Å². The van der Waals surface area contributed by atoms with Gasteiger partial charge in [0.05, 0.1) is 16.4 Å². The van der Waals surface area contributed by atoms with Crippen molar-refractivity contribution in [2.75, 3.05) is 11.1 Å². The van der Waals surface area contributed by atoms with Crippen LogP contribution in [-0.2, 0) is 4.79 Å². The molecule has 0 saturated carbocycles. The largest absolute Gasteiger partial charge is 0.325 e. The van der Waals surface area contributed by atoms with Crippen LogP contribution >= 0.6 is 23.4 Å². The standard InChI is InChI=1S/C22H17ClN6O3S/c1-14-10-18(29(31)32)7-8-19(14)25-20(30)13-33-22-27-26-21(15-4-3-9-24-12-15)28(22)17-6-2-5-16(23)11-17/h2-12H,13H2,1H3,(H,25,30).